The molecular formula is C23H30N2O. The standard InChI is InChI=1S/C23H30N2O/c1-3-22(20-9-5-4-6-10-20)24-23(26)21-13-11-19(12-14-21)17-25-15-7-8-18(2)16-25/h4-6,9-14,18,22H,3,7-8,15-17H2,1-2H3,(H,24,26)/t18-,22-/m1/s1. The van der Waals surface area contributed by atoms with Crippen LogP contribution in [0.15, 0.2) is 54.6 Å². The van der Waals surface area contributed by atoms with E-state index in [2.05, 4.69) is 48.3 Å². The van der Waals surface area contributed by atoms with E-state index in [0.717, 1.165) is 30.0 Å². The summed E-state index contributed by atoms with van der Waals surface area (Å²) in [5.74, 6) is 0.789. The van der Waals surface area contributed by atoms with Crippen LogP contribution in [0.5, 0.6) is 0 Å². The molecule has 2 atom stereocenters. The quantitative estimate of drug-likeness (QED) is 0.811. The summed E-state index contributed by atoms with van der Waals surface area (Å²) in [6.07, 6.45) is 3.51. The van der Waals surface area contributed by atoms with Gasteiger partial charge in [0.15, 0.2) is 0 Å². The van der Waals surface area contributed by atoms with E-state index in [4.69, 9.17) is 0 Å². The van der Waals surface area contributed by atoms with Crippen molar-refractivity contribution in [1.82, 2.24) is 10.2 Å². The zero-order valence-electron chi connectivity index (χ0n) is 15.9. The zero-order chi connectivity index (χ0) is 18.4. The van der Waals surface area contributed by atoms with E-state index in [1.54, 1.807) is 0 Å². The minimum atomic E-state index is -0.00107. The summed E-state index contributed by atoms with van der Waals surface area (Å²) in [5.41, 5.74) is 3.17. The Bertz CT molecular complexity index is 696. The second kappa shape index (κ2) is 9.00. The van der Waals surface area contributed by atoms with Crippen LogP contribution in [0.1, 0.15) is 60.6 Å². The highest BCUT2D eigenvalue weighted by Gasteiger charge is 2.17. The molecule has 1 aliphatic rings. The van der Waals surface area contributed by atoms with Gasteiger partial charge < -0.3 is 5.32 Å². The first-order valence-corrected chi connectivity index (χ1v) is 9.82. The van der Waals surface area contributed by atoms with Gasteiger partial charge in [0, 0.05) is 18.7 Å². The largest absolute Gasteiger partial charge is 0.345 e. The van der Waals surface area contributed by atoms with Crippen LogP contribution in [0.4, 0.5) is 0 Å². The molecule has 0 bridgehead atoms. The summed E-state index contributed by atoms with van der Waals surface area (Å²) in [6.45, 7) is 7.77. The molecule has 1 N–H and O–H groups in total. The van der Waals surface area contributed by atoms with Crippen molar-refractivity contribution < 1.29 is 4.79 Å². The van der Waals surface area contributed by atoms with E-state index in [1.165, 1.54) is 31.5 Å². The van der Waals surface area contributed by atoms with Crippen molar-refractivity contribution in [3.05, 3.63) is 71.3 Å². The lowest BCUT2D eigenvalue weighted by molar-refractivity contribution is 0.0935. The molecular weight excluding hydrogens is 320 g/mol. The molecule has 3 nitrogen and oxygen atoms in total. The summed E-state index contributed by atoms with van der Waals surface area (Å²) >= 11 is 0. The van der Waals surface area contributed by atoms with Crippen LogP contribution in [0.2, 0.25) is 0 Å². The average molecular weight is 351 g/mol. The maximum absolute atomic E-state index is 12.6. The highest BCUT2D eigenvalue weighted by molar-refractivity contribution is 5.94. The molecule has 1 fully saturated rings. The number of carbonyl (C=O) groups is 1. The lowest BCUT2D eigenvalue weighted by Crippen LogP contribution is -2.33. The fraction of sp³-hybridized carbons (Fsp3) is 0.435. The van der Waals surface area contributed by atoms with Crippen LogP contribution < -0.4 is 5.32 Å². The van der Waals surface area contributed by atoms with Gasteiger partial charge in [-0.1, -0.05) is 56.3 Å². The van der Waals surface area contributed by atoms with E-state index in [1.807, 2.05) is 30.3 Å². The summed E-state index contributed by atoms with van der Waals surface area (Å²) in [6, 6.07) is 18.3. The number of benzene rings is 2. The number of likely N-dealkylation sites (tertiary alicyclic amines) is 1. The molecule has 3 rings (SSSR count). The monoisotopic (exact) mass is 350 g/mol. The third kappa shape index (κ3) is 4.95. The molecule has 1 heterocycles. The summed E-state index contributed by atoms with van der Waals surface area (Å²) in [7, 11) is 0. The van der Waals surface area contributed by atoms with Gasteiger partial charge in [0.25, 0.3) is 5.91 Å². The third-order valence-electron chi connectivity index (χ3n) is 5.28. The highest BCUT2D eigenvalue weighted by Crippen LogP contribution is 2.19. The molecule has 2 aromatic carbocycles. The Morgan fingerprint density at radius 3 is 2.54 bits per heavy atom. The Morgan fingerprint density at radius 2 is 1.88 bits per heavy atom. The van der Waals surface area contributed by atoms with Crippen LogP contribution in [-0.2, 0) is 6.54 Å². The lowest BCUT2D eigenvalue weighted by Gasteiger charge is -2.30. The maximum atomic E-state index is 12.6. The molecule has 0 aromatic heterocycles. The number of rotatable bonds is 6. The fourth-order valence-electron chi connectivity index (χ4n) is 3.80. The second-order valence-corrected chi connectivity index (χ2v) is 7.52. The minimum Gasteiger partial charge on any atom is -0.345 e. The van der Waals surface area contributed by atoms with E-state index >= 15 is 0 Å². The van der Waals surface area contributed by atoms with E-state index in [-0.39, 0.29) is 11.9 Å². The third-order valence-corrected chi connectivity index (χ3v) is 5.28. The molecule has 0 unspecified atom stereocenters. The smallest absolute Gasteiger partial charge is 0.251 e. The number of piperidine rings is 1. The number of amides is 1. The van der Waals surface area contributed by atoms with Crippen LogP contribution in [0.25, 0.3) is 0 Å². The van der Waals surface area contributed by atoms with E-state index < -0.39 is 0 Å². The first-order chi connectivity index (χ1) is 12.7. The molecule has 0 spiro atoms. The van der Waals surface area contributed by atoms with E-state index in [0.29, 0.717) is 0 Å². The Morgan fingerprint density at radius 1 is 1.15 bits per heavy atom. The normalized spacial score (nSPS) is 19.1. The van der Waals surface area contributed by atoms with Crippen molar-refractivity contribution in [1.29, 1.82) is 0 Å². The van der Waals surface area contributed by atoms with Crippen molar-refractivity contribution in [2.45, 2.75) is 45.7 Å². The van der Waals surface area contributed by atoms with Gasteiger partial charge >= 0.3 is 0 Å². The first kappa shape index (κ1) is 18.7. The number of hydrogen-bond donors (Lipinski definition) is 1. The highest BCUT2D eigenvalue weighted by atomic mass is 16.1. The molecule has 0 aliphatic carbocycles. The number of carbonyl (C=O) groups excluding carboxylic acids is 1. The van der Waals surface area contributed by atoms with Gasteiger partial charge in [-0.15, -0.1) is 0 Å². The lowest BCUT2D eigenvalue weighted by atomic mass is 9.99. The minimum absolute atomic E-state index is 0.00107. The summed E-state index contributed by atoms with van der Waals surface area (Å²) in [4.78, 5) is 15.1. The van der Waals surface area contributed by atoms with Gasteiger partial charge in [-0.05, 0) is 55.0 Å². The van der Waals surface area contributed by atoms with Gasteiger partial charge in [0.1, 0.15) is 0 Å². The molecule has 1 aliphatic heterocycles. The molecule has 1 saturated heterocycles. The van der Waals surface area contributed by atoms with Crippen LogP contribution in [0.3, 0.4) is 0 Å². The molecule has 138 valence electrons. The van der Waals surface area contributed by atoms with Gasteiger partial charge in [0.05, 0.1) is 6.04 Å². The molecule has 26 heavy (non-hydrogen) atoms. The van der Waals surface area contributed by atoms with Crippen LogP contribution in [0, 0.1) is 5.92 Å². The first-order valence-electron chi connectivity index (χ1n) is 9.82. The summed E-state index contributed by atoms with van der Waals surface area (Å²) < 4.78 is 0. The maximum Gasteiger partial charge on any atom is 0.251 e. The van der Waals surface area contributed by atoms with Gasteiger partial charge in [-0.25, -0.2) is 0 Å². The van der Waals surface area contributed by atoms with Crippen molar-refractivity contribution >= 4 is 5.91 Å². The second-order valence-electron chi connectivity index (χ2n) is 7.52. The topological polar surface area (TPSA) is 32.3 Å². The summed E-state index contributed by atoms with van der Waals surface area (Å²) in [5, 5.41) is 3.16. The predicted octanol–water partition coefficient (Wildman–Crippen LogP) is 4.80. The van der Waals surface area contributed by atoms with Crippen molar-refractivity contribution in [2.24, 2.45) is 5.92 Å². The SMILES string of the molecule is CC[C@@H](NC(=O)c1ccc(CN2CCC[C@@H](C)C2)cc1)c1ccccc1. The van der Waals surface area contributed by atoms with E-state index in [9.17, 15) is 4.79 Å². The number of nitrogens with zero attached hydrogens (tertiary/aromatic N) is 1. The van der Waals surface area contributed by atoms with Crippen molar-refractivity contribution in [3.8, 4) is 0 Å². The Balaban J connectivity index is 1.59. The Labute approximate surface area is 157 Å². The van der Waals surface area contributed by atoms with Crippen LogP contribution in [-0.4, -0.2) is 23.9 Å². The van der Waals surface area contributed by atoms with Crippen LogP contribution >= 0.6 is 0 Å². The predicted molar refractivity (Wildman–Crippen MR) is 107 cm³/mol. The number of nitrogens with one attached hydrogen (secondary N) is 1. The molecule has 0 radical (unpaired) electrons. The van der Waals surface area contributed by atoms with Crippen molar-refractivity contribution in [2.75, 3.05) is 13.1 Å². The molecule has 3 heteroatoms. The number of hydrogen-bond acceptors (Lipinski definition) is 2. The molecule has 2 aromatic rings. The van der Waals surface area contributed by atoms with Gasteiger partial charge in [-0.2, -0.15) is 0 Å². The average Bonchev–Trinajstić information content (AvgIpc) is 2.67. The van der Waals surface area contributed by atoms with Crippen molar-refractivity contribution in [3.63, 3.8) is 0 Å². The van der Waals surface area contributed by atoms with Gasteiger partial charge in [0.2, 0.25) is 0 Å². The Hall–Kier alpha value is -2.13. The fourth-order valence-corrected chi connectivity index (χ4v) is 3.80. The van der Waals surface area contributed by atoms with Gasteiger partial charge in [-0.3, -0.25) is 9.69 Å². The molecule has 0 saturated carbocycles. The Kier molecular flexibility index (Phi) is 6.45. The molecule has 1 amide bonds. The zero-order valence-corrected chi connectivity index (χ0v) is 15.9.